The molecule has 0 radical (unpaired) electrons. The molecule has 2 nitrogen and oxygen atoms in total. The van der Waals surface area contributed by atoms with E-state index in [9.17, 15) is 13.2 Å². The minimum absolute atomic E-state index is 0.501. The maximum Gasteiger partial charge on any atom is 0.416 e. The Bertz CT molecular complexity index is 520. The van der Waals surface area contributed by atoms with Crippen LogP contribution in [0.4, 0.5) is 13.2 Å². The minimum Gasteiger partial charge on any atom is -0.438 e. The second kappa shape index (κ2) is 6.31. The molecule has 0 aromatic heterocycles. The van der Waals surface area contributed by atoms with Crippen molar-refractivity contribution in [3.63, 3.8) is 0 Å². The first-order valence-electron chi connectivity index (χ1n) is 6.17. The first-order chi connectivity index (χ1) is 9.50. The van der Waals surface area contributed by atoms with Gasteiger partial charge in [-0.3, -0.25) is 0 Å². The molecule has 6 heteroatoms. The van der Waals surface area contributed by atoms with E-state index in [0.717, 1.165) is 18.7 Å². The van der Waals surface area contributed by atoms with Crippen molar-refractivity contribution in [1.29, 1.82) is 0 Å². The fourth-order valence-electron chi connectivity index (χ4n) is 1.89. The Balaban J connectivity index is 2.10. The Morgan fingerprint density at radius 2 is 1.90 bits per heavy atom. The van der Waals surface area contributed by atoms with Crippen LogP contribution in [-0.4, -0.2) is 36.0 Å². The van der Waals surface area contributed by atoms with Crippen LogP contribution in [0.15, 0.2) is 30.3 Å². The van der Waals surface area contributed by atoms with E-state index in [-0.39, 0.29) is 0 Å². The summed E-state index contributed by atoms with van der Waals surface area (Å²) in [6.07, 6.45) is -0.826. The van der Waals surface area contributed by atoms with Crippen LogP contribution in [0.1, 0.15) is 11.1 Å². The molecule has 1 aliphatic rings. The Kier molecular flexibility index (Phi) is 4.70. The molecule has 1 aromatic rings. The minimum atomic E-state index is -4.30. The van der Waals surface area contributed by atoms with E-state index in [2.05, 4.69) is 0 Å². The molecule has 0 bridgehead atoms. The molecule has 0 aliphatic carbocycles. The van der Waals surface area contributed by atoms with Gasteiger partial charge in [-0.2, -0.15) is 17.7 Å². The second-order valence-corrected chi connectivity index (χ2v) is 4.69. The molecule has 0 saturated heterocycles. The van der Waals surface area contributed by atoms with Crippen molar-refractivity contribution in [2.45, 2.75) is 6.18 Å². The van der Waals surface area contributed by atoms with Crippen molar-refractivity contribution in [1.82, 2.24) is 0 Å². The van der Waals surface area contributed by atoms with Gasteiger partial charge in [-0.1, -0.05) is 12.1 Å². The summed E-state index contributed by atoms with van der Waals surface area (Å²) in [6, 6.07) is 4.99. The lowest BCUT2D eigenvalue weighted by Crippen LogP contribution is -2.16. The van der Waals surface area contributed by atoms with E-state index in [1.807, 2.05) is 4.58 Å². The van der Waals surface area contributed by atoms with Crippen LogP contribution >= 0.6 is 11.6 Å². The Hall–Kier alpha value is -1.49. The molecule has 0 spiro atoms. The molecule has 1 aliphatic heterocycles. The number of benzene rings is 1. The third-order valence-electron chi connectivity index (χ3n) is 2.93. The summed E-state index contributed by atoms with van der Waals surface area (Å²) in [5.41, 5.74) is 0.0370. The summed E-state index contributed by atoms with van der Waals surface area (Å²) in [5, 5.41) is 0. The highest BCUT2D eigenvalue weighted by molar-refractivity contribution is 6.18. The zero-order valence-electron chi connectivity index (χ0n) is 10.7. The van der Waals surface area contributed by atoms with Crippen molar-refractivity contribution in [2.24, 2.45) is 0 Å². The van der Waals surface area contributed by atoms with E-state index in [1.165, 1.54) is 12.1 Å². The van der Waals surface area contributed by atoms with Gasteiger partial charge in [0.05, 0.1) is 17.5 Å². The van der Waals surface area contributed by atoms with Crippen LogP contribution in [0.3, 0.4) is 0 Å². The van der Waals surface area contributed by atoms with Crippen molar-refractivity contribution in [3.8, 4) is 0 Å². The number of halogens is 4. The summed E-state index contributed by atoms with van der Waals surface area (Å²) >= 11 is 5.68. The average Bonchev–Trinajstić information content (AvgIpc) is 2.84. The SMILES string of the molecule is FC(F)(F)c1ccc(/C=C/C2=[N+](CCCl)CCO2)cc1. The summed E-state index contributed by atoms with van der Waals surface area (Å²) in [6.45, 7) is 2.07. The Labute approximate surface area is 120 Å². The highest BCUT2D eigenvalue weighted by Gasteiger charge is 2.29. The third kappa shape index (κ3) is 3.76. The zero-order valence-corrected chi connectivity index (χ0v) is 11.4. The van der Waals surface area contributed by atoms with E-state index in [1.54, 1.807) is 12.2 Å². The number of rotatable bonds is 4. The first-order valence-corrected chi connectivity index (χ1v) is 6.70. The fraction of sp³-hybridized carbons (Fsp3) is 0.357. The number of nitrogens with zero attached hydrogens (tertiary/aromatic N) is 1. The lowest BCUT2D eigenvalue weighted by Gasteiger charge is -2.05. The topological polar surface area (TPSA) is 12.2 Å². The summed E-state index contributed by atoms with van der Waals surface area (Å²) in [5.74, 6) is 1.20. The van der Waals surface area contributed by atoms with E-state index < -0.39 is 11.7 Å². The third-order valence-corrected chi connectivity index (χ3v) is 3.10. The van der Waals surface area contributed by atoms with Gasteiger partial charge in [-0.25, -0.2) is 0 Å². The van der Waals surface area contributed by atoms with Gasteiger partial charge in [0.1, 0.15) is 0 Å². The van der Waals surface area contributed by atoms with Crippen LogP contribution in [0.5, 0.6) is 0 Å². The summed E-state index contributed by atoms with van der Waals surface area (Å²) < 4.78 is 44.7. The second-order valence-electron chi connectivity index (χ2n) is 4.32. The molecular formula is C14H14ClF3NO+. The molecule has 20 heavy (non-hydrogen) atoms. The average molecular weight is 305 g/mol. The predicted molar refractivity (Wildman–Crippen MR) is 72.2 cm³/mol. The van der Waals surface area contributed by atoms with Gasteiger partial charge in [-0.15, -0.1) is 11.6 Å². The molecule has 1 aromatic carbocycles. The highest BCUT2D eigenvalue weighted by Crippen LogP contribution is 2.29. The molecule has 0 fully saturated rings. The van der Waals surface area contributed by atoms with Gasteiger partial charge in [0.25, 0.3) is 0 Å². The first kappa shape index (κ1) is 14.9. The molecule has 0 amide bonds. The van der Waals surface area contributed by atoms with Crippen molar-refractivity contribution in [2.75, 3.05) is 25.6 Å². The smallest absolute Gasteiger partial charge is 0.416 e. The molecule has 0 N–H and O–H groups in total. The Morgan fingerprint density at radius 1 is 1.20 bits per heavy atom. The highest BCUT2D eigenvalue weighted by atomic mass is 35.5. The van der Waals surface area contributed by atoms with Crippen LogP contribution in [0.25, 0.3) is 6.08 Å². The predicted octanol–water partition coefficient (Wildman–Crippen LogP) is 3.40. The molecule has 108 valence electrons. The quantitative estimate of drug-likeness (QED) is 0.613. The number of ether oxygens (including phenoxy) is 1. The van der Waals surface area contributed by atoms with Gasteiger partial charge in [0.15, 0.2) is 19.7 Å². The zero-order chi connectivity index (χ0) is 14.6. The van der Waals surface area contributed by atoms with Crippen molar-refractivity contribution in [3.05, 3.63) is 41.5 Å². The number of alkyl halides is 4. The number of hydrogen-bond donors (Lipinski definition) is 0. The van der Waals surface area contributed by atoms with E-state index in [4.69, 9.17) is 16.3 Å². The van der Waals surface area contributed by atoms with Gasteiger partial charge in [0.2, 0.25) is 0 Å². The van der Waals surface area contributed by atoms with Crippen molar-refractivity contribution >= 4 is 23.6 Å². The van der Waals surface area contributed by atoms with Crippen LogP contribution in [0.2, 0.25) is 0 Å². The van der Waals surface area contributed by atoms with E-state index in [0.29, 0.717) is 30.5 Å². The molecule has 2 rings (SSSR count). The summed E-state index contributed by atoms with van der Waals surface area (Å²) in [7, 11) is 0. The van der Waals surface area contributed by atoms with Crippen LogP contribution in [0, 0.1) is 0 Å². The lowest BCUT2D eigenvalue weighted by molar-refractivity contribution is -0.512. The van der Waals surface area contributed by atoms with Gasteiger partial charge in [-0.05, 0) is 23.8 Å². The monoisotopic (exact) mass is 304 g/mol. The van der Waals surface area contributed by atoms with Gasteiger partial charge in [0, 0.05) is 0 Å². The molecule has 0 atom stereocenters. The fourth-order valence-corrected chi connectivity index (χ4v) is 2.09. The maximum absolute atomic E-state index is 12.4. The normalized spacial score (nSPS) is 16.0. The standard InChI is InChI=1S/C14H14ClF3NO/c15-7-8-19-9-10-20-13(19)6-3-11-1-4-12(5-2-11)14(16,17)18/h1-6H,7-10H2/q+1/b6-3+. The Morgan fingerprint density at radius 3 is 2.50 bits per heavy atom. The van der Waals surface area contributed by atoms with Crippen LogP contribution < -0.4 is 0 Å². The molecule has 1 heterocycles. The number of hydrogen-bond acceptors (Lipinski definition) is 1. The molecule has 0 unspecified atom stereocenters. The molecular weight excluding hydrogens is 291 g/mol. The van der Waals surface area contributed by atoms with Gasteiger partial charge >= 0.3 is 12.1 Å². The van der Waals surface area contributed by atoms with Crippen LogP contribution in [-0.2, 0) is 10.9 Å². The summed E-state index contributed by atoms with van der Waals surface area (Å²) in [4.78, 5) is 0. The maximum atomic E-state index is 12.4. The largest absolute Gasteiger partial charge is 0.438 e. The molecule has 0 saturated carbocycles. The van der Waals surface area contributed by atoms with Gasteiger partial charge < -0.3 is 4.74 Å². The van der Waals surface area contributed by atoms with Crippen molar-refractivity contribution < 1.29 is 22.5 Å². The van der Waals surface area contributed by atoms with E-state index >= 15 is 0 Å². The lowest BCUT2D eigenvalue weighted by atomic mass is 10.1.